The van der Waals surface area contributed by atoms with E-state index in [0.717, 1.165) is 22.3 Å². The van der Waals surface area contributed by atoms with Gasteiger partial charge in [-0.2, -0.15) is 0 Å². The van der Waals surface area contributed by atoms with E-state index in [1.54, 1.807) is 0 Å². The number of methoxy groups -OCH3 is 1. The molecule has 1 N–H and O–H groups in total. The maximum absolute atomic E-state index is 11.2. The molecular weight excluding hydrogens is 264 g/mol. The van der Waals surface area contributed by atoms with Crippen molar-refractivity contribution >= 4 is 5.97 Å². The molecule has 0 unspecified atom stereocenters. The summed E-state index contributed by atoms with van der Waals surface area (Å²) in [7, 11) is 1.45. The van der Waals surface area contributed by atoms with E-state index in [9.17, 15) is 9.90 Å². The Kier molecular flexibility index (Phi) is 4.77. The summed E-state index contributed by atoms with van der Waals surface area (Å²) in [6.07, 6.45) is 1.63. The van der Waals surface area contributed by atoms with Gasteiger partial charge in [-0.05, 0) is 29.2 Å². The minimum Gasteiger partial charge on any atom is -0.504 e. The highest BCUT2D eigenvalue weighted by molar-refractivity contribution is 5.87. The number of carboxylic acids is 1. The second kappa shape index (κ2) is 6.75. The van der Waals surface area contributed by atoms with Crippen molar-refractivity contribution in [3.8, 4) is 11.1 Å². The molecule has 21 heavy (non-hydrogen) atoms. The molecule has 0 saturated heterocycles. The maximum Gasteiger partial charge on any atom is 0.335 e. The van der Waals surface area contributed by atoms with Crippen LogP contribution in [0.2, 0.25) is 0 Å². The third-order valence-corrected chi connectivity index (χ3v) is 3.37. The van der Waals surface area contributed by atoms with Gasteiger partial charge < -0.3 is 9.84 Å². The second-order valence-corrected chi connectivity index (χ2v) is 4.87. The number of hydrogen-bond donors (Lipinski definition) is 1. The molecule has 0 aliphatic rings. The second-order valence-electron chi connectivity index (χ2n) is 4.87. The van der Waals surface area contributed by atoms with Gasteiger partial charge in [-0.25, -0.2) is 4.79 Å². The Morgan fingerprint density at radius 3 is 2.48 bits per heavy atom. The number of carbonyl (C=O) groups is 1. The molecule has 3 heteroatoms. The largest absolute Gasteiger partial charge is 0.504 e. The Labute approximate surface area is 124 Å². The summed E-state index contributed by atoms with van der Waals surface area (Å²) in [5, 5.41) is 9.19. The highest BCUT2D eigenvalue weighted by atomic mass is 16.5. The SMILES string of the molecule is CO/C=C(\Cc1cc(-c2ccccc2)ccc1C)C(=O)O. The van der Waals surface area contributed by atoms with Crippen molar-refractivity contribution in [3.63, 3.8) is 0 Å². The van der Waals surface area contributed by atoms with Crippen LogP contribution >= 0.6 is 0 Å². The zero-order chi connectivity index (χ0) is 15.2. The minimum atomic E-state index is -0.957. The zero-order valence-electron chi connectivity index (χ0n) is 12.2. The molecule has 0 aliphatic carbocycles. The summed E-state index contributed by atoms with van der Waals surface area (Å²) in [4.78, 5) is 11.2. The lowest BCUT2D eigenvalue weighted by Crippen LogP contribution is -2.05. The van der Waals surface area contributed by atoms with Gasteiger partial charge in [0.25, 0.3) is 0 Å². The van der Waals surface area contributed by atoms with Crippen LogP contribution in [0.4, 0.5) is 0 Å². The standard InChI is InChI=1S/C18H18O3/c1-13-8-9-15(14-6-4-3-5-7-14)10-16(13)11-17(12-21-2)18(19)20/h3-10,12H,11H2,1-2H3,(H,19,20)/b17-12+. The lowest BCUT2D eigenvalue weighted by Gasteiger charge is -2.10. The summed E-state index contributed by atoms with van der Waals surface area (Å²) < 4.78 is 4.85. The van der Waals surface area contributed by atoms with Gasteiger partial charge in [0, 0.05) is 6.42 Å². The Balaban J connectivity index is 2.36. The van der Waals surface area contributed by atoms with Gasteiger partial charge in [0.2, 0.25) is 0 Å². The van der Waals surface area contributed by atoms with Crippen LogP contribution in [0.1, 0.15) is 11.1 Å². The average molecular weight is 282 g/mol. The Morgan fingerprint density at radius 2 is 1.86 bits per heavy atom. The number of benzene rings is 2. The predicted molar refractivity (Wildman–Crippen MR) is 83.0 cm³/mol. The monoisotopic (exact) mass is 282 g/mol. The third-order valence-electron chi connectivity index (χ3n) is 3.37. The van der Waals surface area contributed by atoms with E-state index in [1.807, 2.05) is 49.4 Å². The Morgan fingerprint density at radius 1 is 1.14 bits per heavy atom. The van der Waals surface area contributed by atoms with E-state index in [-0.39, 0.29) is 5.57 Å². The molecule has 0 aromatic heterocycles. The number of carboxylic acid groups (broad SMARTS) is 1. The molecule has 0 amide bonds. The molecule has 0 radical (unpaired) electrons. The molecule has 0 atom stereocenters. The molecule has 108 valence electrons. The molecule has 0 fully saturated rings. The molecule has 2 aromatic rings. The van der Waals surface area contributed by atoms with Crippen LogP contribution in [-0.4, -0.2) is 18.2 Å². The molecule has 0 saturated carbocycles. The van der Waals surface area contributed by atoms with Gasteiger partial charge in [-0.3, -0.25) is 0 Å². The summed E-state index contributed by atoms with van der Waals surface area (Å²) in [5.74, 6) is -0.957. The van der Waals surface area contributed by atoms with Crippen LogP contribution in [0.3, 0.4) is 0 Å². The molecule has 0 bridgehead atoms. The topological polar surface area (TPSA) is 46.5 Å². The van der Waals surface area contributed by atoms with Crippen molar-refractivity contribution < 1.29 is 14.6 Å². The Bertz CT molecular complexity index is 657. The normalized spacial score (nSPS) is 11.2. The van der Waals surface area contributed by atoms with Crippen molar-refractivity contribution in [3.05, 3.63) is 71.5 Å². The van der Waals surface area contributed by atoms with Gasteiger partial charge in [0.15, 0.2) is 0 Å². The fraction of sp³-hybridized carbons (Fsp3) is 0.167. The predicted octanol–water partition coefficient (Wildman–Crippen LogP) is 3.82. The summed E-state index contributed by atoms with van der Waals surface area (Å²) >= 11 is 0. The van der Waals surface area contributed by atoms with E-state index in [2.05, 4.69) is 6.07 Å². The number of aliphatic carboxylic acids is 1. The van der Waals surface area contributed by atoms with E-state index in [0.29, 0.717) is 6.42 Å². The van der Waals surface area contributed by atoms with Gasteiger partial charge in [-0.15, -0.1) is 0 Å². The van der Waals surface area contributed by atoms with E-state index in [4.69, 9.17) is 4.74 Å². The van der Waals surface area contributed by atoms with Crippen LogP contribution in [0.5, 0.6) is 0 Å². The molecular formula is C18H18O3. The zero-order valence-corrected chi connectivity index (χ0v) is 12.2. The fourth-order valence-electron chi connectivity index (χ4n) is 2.19. The molecule has 2 aromatic carbocycles. The highest BCUT2D eigenvalue weighted by Crippen LogP contribution is 2.24. The first-order valence-corrected chi connectivity index (χ1v) is 6.72. The molecule has 0 heterocycles. The van der Waals surface area contributed by atoms with Crippen molar-refractivity contribution in [1.82, 2.24) is 0 Å². The van der Waals surface area contributed by atoms with Crippen LogP contribution in [0.15, 0.2) is 60.4 Å². The smallest absolute Gasteiger partial charge is 0.335 e. The first kappa shape index (κ1) is 14.9. The van der Waals surface area contributed by atoms with Gasteiger partial charge in [-0.1, -0.05) is 48.5 Å². The van der Waals surface area contributed by atoms with Crippen LogP contribution in [0.25, 0.3) is 11.1 Å². The lowest BCUT2D eigenvalue weighted by molar-refractivity contribution is -0.132. The third kappa shape index (κ3) is 3.72. The lowest BCUT2D eigenvalue weighted by atomic mass is 9.96. The first-order chi connectivity index (χ1) is 10.1. The van der Waals surface area contributed by atoms with E-state index < -0.39 is 5.97 Å². The fourth-order valence-corrected chi connectivity index (χ4v) is 2.19. The van der Waals surface area contributed by atoms with Gasteiger partial charge >= 0.3 is 5.97 Å². The van der Waals surface area contributed by atoms with Crippen molar-refractivity contribution in [2.45, 2.75) is 13.3 Å². The number of hydrogen-bond acceptors (Lipinski definition) is 2. The van der Waals surface area contributed by atoms with Crippen molar-refractivity contribution in [2.24, 2.45) is 0 Å². The number of rotatable bonds is 5. The first-order valence-electron chi connectivity index (χ1n) is 6.72. The maximum atomic E-state index is 11.2. The summed E-state index contributed by atoms with van der Waals surface area (Å²) in [6.45, 7) is 1.98. The highest BCUT2D eigenvalue weighted by Gasteiger charge is 2.11. The van der Waals surface area contributed by atoms with Crippen molar-refractivity contribution in [1.29, 1.82) is 0 Å². The average Bonchev–Trinajstić information content (AvgIpc) is 2.49. The summed E-state index contributed by atoms with van der Waals surface area (Å²) in [6, 6.07) is 16.1. The van der Waals surface area contributed by atoms with E-state index in [1.165, 1.54) is 13.4 Å². The van der Waals surface area contributed by atoms with E-state index >= 15 is 0 Å². The summed E-state index contributed by atoms with van der Waals surface area (Å²) in [5.41, 5.74) is 4.50. The number of aryl methyl sites for hydroxylation is 1. The molecule has 3 nitrogen and oxygen atoms in total. The van der Waals surface area contributed by atoms with Crippen LogP contribution < -0.4 is 0 Å². The Hall–Kier alpha value is -2.55. The number of ether oxygens (including phenoxy) is 1. The molecule has 2 rings (SSSR count). The van der Waals surface area contributed by atoms with Crippen LogP contribution in [-0.2, 0) is 16.0 Å². The van der Waals surface area contributed by atoms with Gasteiger partial charge in [0.1, 0.15) is 0 Å². The quantitative estimate of drug-likeness (QED) is 0.670. The molecule has 0 aliphatic heterocycles. The van der Waals surface area contributed by atoms with Crippen molar-refractivity contribution in [2.75, 3.05) is 7.11 Å². The van der Waals surface area contributed by atoms with Gasteiger partial charge in [0.05, 0.1) is 18.9 Å². The molecule has 0 spiro atoms. The van der Waals surface area contributed by atoms with Crippen LogP contribution in [0, 0.1) is 6.92 Å². The minimum absolute atomic E-state index is 0.241.